The van der Waals surface area contributed by atoms with Crippen LogP contribution in [0.4, 0.5) is 5.82 Å². The number of pyridine rings is 1. The number of aromatic nitrogens is 1. The molecular formula is C11H16N2O3S. The van der Waals surface area contributed by atoms with E-state index in [0.717, 1.165) is 5.69 Å². The Morgan fingerprint density at radius 2 is 2.24 bits per heavy atom. The first-order valence-electron chi connectivity index (χ1n) is 5.17. The van der Waals surface area contributed by atoms with E-state index in [1.807, 2.05) is 6.92 Å². The van der Waals surface area contributed by atoms with Gasteiger partial charge in [0.25, 0.3) is 0 Å². The molecule has 0 saturated heterocycles. The van der Waals surface area contributed by atoms with Crippen LogP contribution in [0.1, 0.15) is 23.0 Å². The summed E-state index contributed by atoms with van der Waals surface area (Å²) in [5.41, 5.74) is 0.867. The molecule has 2 unspecified atom stereocenters. The molecule has 0 bridgehead atoms. The fourth-order valence-electron chi connectivity index (χ4n) is 1.47. The van der Waals surface area contributed by atoms with Crippen molar-refractivity contribution in [2.45, 2.75) is 19.9 Å². The van der Waals surface area contributed by atoms with Crippen molar-refractivity contribution in [3.05, 3.63) is 23.4 Å². The zero-order valence-electron chi connectivity index (χ0n) is 10.1. The summed E-state index contributed by atoms with van der Waals surface area (Å²) in [5.74, 6) is -0.241. The van der Waals surface area contributed by atoms with Crippen LogP contribution in [0.25, 0.3) is 0 Å². The van der Waals surface area contributed by atoms with Gasteiger partial charge in [-0.3, -0.25) is 4.21 Å². The molecule has 0 saturated carbocycles. The Hall–Kier alpha value is -1.43. The molecule has 2 N–H and O–H groups in total. The fraction of sp³-hybridized carbons (Fsp3) is 0.455. The molecule has 0 amide bonds. The van der Waals surface area contributed by atoms with Gasteiger partial charge in [0.05, 0.1) is 0 Å². The van der Waals surface area contributed by atoms with Crippen molar-refractivity contribution in [3.8, 4) is 0 Å². The average Bonchev–Trinajstić information content (AvgIpc) is 2.15. The van der Waals surface area contributed by atoms with E-state index in [0.29, 0.717) is 11.6 Å². The lowest BCUT2D eigenvalue weighted by molar-refractivity contribution is 0.0697. The molecule has 1 heterocycles. The van der Waals surface area contributed by atoms with Crippen LogP contribution >= 0.6 is 0 Å². The first kappa shape index (κ1) is 13.6. The van der Waals surface area contributed by atoms with Gasteiger partial charge in [-0.2, -0.15) is 0 Å². The van der Waals surface area contributed by atoms with Crippen molar-refractivity contribution in [3.63, 3.8) is 0 Å². The van der Waals surface area contributed by atoms with Crippen molar-refractivity contribution >= 4 is 22.6 Å². The number of carboxylic acids is 1. The zero-order valence-corrected chi connectivity index (χ0v) is 10.9. The lowest BCUT2D eigenvalue weighted by atomic mass is 10.2. The maximum absolute atomic E-state index is 11.1. The topological polar surface area (TPSA) is 79.3 Å². The van der Waals surface area contributed by atoms with Gasteiger partial charge in [-0.05, 0) is 26.0 Å². The molecule has 5 nitrogen and oxygen atoms in total. The molecule has 0 aliphatic rings. The summed E-state index contributed by atoms with van der Waals surface area (Å²) in [6, 6.07) is 3.08. The van der Waals surface area contributed by atoms with Gasteiger partial charge in [0.15, 0.2) is 0 Å². The molecule has 0 aliphatic heterocycles. The molecule has 6 heteroatoms. The highest BCUT2D eigenvalue weighted by atomic mass is 32.2. The largest absolute Gasteiger partial charge is 0.478 e. The van der Waals surface area contributed by atoms with E-state index in [1.54, 1.807) is 19.2 Å². The Bertz CT molecular complexity index is 448. The SMILES string of the molecule is Cc1ccc(C(=O)O)c(NC(C)CS(C)=O)n1. The van der Waals surface area contributed by atoms with Crippen LogP contribution < -0.4 is 5.32 Å². The lowest BCUT2D eigenvalue weighted by Gasteiger charge is -2.15. The van der Waals surface area contributed by atoms with Gasteiger partial charge < -0.3 is 10.4 Å². The molecule has 0 radical (unpaired) electrons. The van der Waals surface area contributed by atoms with Crippen LogP contribution in [0.5, 0.6) is 0 Å². The van der Waals surface area contributed by atoms with E-state index in [4.69, 9.17) is 5.11 Å². The standard InChI is InChI=1S/C11H16N2O3S/c1-7-4-5-9(11(14)15)10(12-7)13-8(2)6-17(3)16/h4-5,8H,6H2,1-3H3,(H,12,13)(H,14,15). The molecule has 1 aromatic heterocycles. The summed E-state index contributed by atoms with van der Waals surface area (Å²) in [7, 11) is -0.930. The number of anilines is 1. The molecule has 0 aliphatic carbocycles. The average molecular weight is 256 g/mol. The van der Waals surface area contributed by atoms with E-state index in [1.165, 1.54) is 6.07 Å². The molecule has 17 heavy (non-hydrogen) atoms. The number of rotatable bonds is 5. The van der Waals surface area contributed by atoms with Crippen molar-refractivity contribution < 1.29 is 14.1 Å². The number of carboxylic acid groups (broad SMARTS) is 1. The second-order valence-corrected chi connectivity index (χ2v) is 5.42. The number of hydrogen-bond donors (Lipinski definition) is 2. The van der Waals surface area contributed by atoms with E-state index < -0.39 is 16.8 Å². The van der Waals surface area contributed by atoms with Crippen molar-refractivity contribution in [1.82, 2.24) is 4.98 Å². The number of nitrogens with one attached hydrogen (secondary N) is 1. The smallest absolute Gasteiger partial charge is 0.339 e. The van der Waals surface area contributed by atoms with Crippen LogP contribution in [0, 0.1) is 6.92 Å². The van der Waals surface area contributed by atoms with Crippen LogP contribution in [0.15, 0.2) is 12.1 Å². The monoisotopic (exact) mass is 256 g/mol. The van der Waals surface area contributed by atoms with Gasteiger partial charge in [0, 0.05) is 34.5 Å². The summed E-state index contributed by atoms with van der Waals surface area (Å²) in [6.45, 7) is 3.64. The third-order valence-corrected chi connectivity index (χ3v) is 3.10. The Morgan fingerprint density at radius 3 is 2.76 bits per heavy atom. The third kappa shape index (κ3) is 4.14. The summed E-state index contributed by atoms with van der Waals surface area (Å²) in [4.78, 5) is 15.1. The maximum Gasteiger partial charge on any atom is 0.339 e. The molecule has 1 rings (SSSR count). The Kier molecular flexibility index (Phi) is 4.62. The van der Waals surface area contributed by atoms with Gasteiger partial charge in [0.2, 0.25) is 0 Å². The summed E-state index contributed by atoms with van der Waals surface area (Å²) in [6.07, 6.45) is 1.61. The van der Waals surface area contributed by atoms with Gasteiger partial charge in [-0.25, -0.2) is 9.78 Å². The summed E-state index contributed by atoms with van der Waals surface area (Å²) < 4.78 is 11.1. The van der Waals surface area contributed by atoms with E-state index >= 15 is 0 Å². The first-order valence-corrected chi connectivity index (χ1v) is 6.90. The van der Waals surface area contributed by atoms with E-state index in [9.17, 15) is 9.00 Å². The quantitative estimate of drug-likeness (QED) is 0.829. The van der Waals surface area contributed by atoms with E-state index in [2.05, 4.69) is 10.3 Å². The van der Waals surface area contributed by atoms with Gasteiger partial charge >= 0.3 is 5.97 Å². The highest BCUT2D eigenvalue weighted by Crippen LogP contribution is 2.14. The van der Waals surface area contributed by atoms with Crippen LogP contribution in [0.3, 0.4) is 0 Å². The summed E-state index contributed by atoms with van der Waals surface area (Å²) >= 11 is 0. The minimum atomic E-state index is -1.02. The Labute approximate surface area is 103 Å². The minimum absolute atomic E-state index is 0.0896. The Balaban J connectivity index is 2.92. The number of carbonyl (C=O) groups is 1. The maximum atomic E-state index is 11.1. The van der Waals surface area contributed by atoms with Crippen molar-refractivity contribution in [1.29, 1.82) is 0 Å². The van der Waals surface area contributed by atoms with Crippen molar-refractivity contribution in [2.75, 3.05) is 17.3 Å². The van der Waals surface area contributed by atoms with Gasteiger partial charge in [-0.15, -0.1) is 0 Å². The van der Waals surface area contributed by atoms with Crippen LogP contribution in [-0.2, 0) is 10.8 Å². The summed E-state index contributed by atoms with van der Waals surface area (Å²) in [5, 5.41) is 12.0. The number of aromatic carboxylic acids is 1. The minimum Gasteiger partial charge on any atom is -0.478 e. The molecule has 0 aromatic carbocycles. The third-order valence-electron chi connectivity index (χ3n) is 2.13. The normalized spacial score (nSPS) is 14.1. The highest BCUT2D eigenvalue weighted by molar-refractivity contribution is 7.84. The number of aryl methyl sites for hydroxylation is 1. The molecular weight excluding hydrogens is 240 g/mol. The van der Waals surface area contributed by atoms with Crippen molar-refractivity contribution in [2.24, 2.45) is 0 Å². The molecule has 0 spiro atoms. The predicted molar refractivity (Wildman–Crippen MR) is 68.0 cm³/mol. The highest BCUT2D eigenvalue weighted by Gasteiger charge is 2.14. The molecule has 0 fully saturated rings. The second kappa shape index (κ2) is 5.77. The predicted octanol–water partition coefficient (Wildman–Crippen LogP) is 1.27. The van der Waals surface area contributed by atoms with E-state index in [-0.39, 0.29) is 11.6 Å². The fourth-order valence-corrected chi connectivity index (χ4v) is 2.25. The van der Waals surface area contributed by atoms with Gasteiger partial charge in [-0.1, -0.05) is 0 Å². The molecule has 94 valence electrons. The Morgan fingerprint density at radius 1 is 1.59 bits per heavy atom. The molecule has 2 atom stereocenters. The number of nitrogens with zero attached hydrogens (tertiary/aromatic N) is 1. The van der Waals surface area contributed by atoms with Crippen LogP contribution in [-0.4, -0.2) is 38.3 Å². The first-order chi connectivity index (χ1) is 7.90. The zero-order chi connectivity index (χ0) is 13.0. The lowest BCUT2D eigenvalue weighted by Crippen LogP contribution is -2.24. The van der Waals surface area contributed by atoms with Crippen LogP contribution in [0.2, 0.25) is 0 Å². The number of hydrogen-bond acceptors (Lipinski definition) is 4. The van der Waals surface area contributed by atoms with Gasteiger partial charge in [0.1, 0.15) is 11.4 Å². The second-order valence-electron chi connectivity index (χ2n) is 3.94. The molecule has 1 aromatic rings.